The van der Waals surface area contributed by atoms with Gasteiger partial charge in [-0.2, -0.15) is 0 Å². The summed E-state index contributed by atoms with van der Waals surface area (Å²) >= 11 is 5.92. The number of fused-ring (bicyclic) bond motifs is 1. The van der Waals surface area contributed by atoms with Crippen LogP contribution in [-0.2, 0) is 6.54 Å². The van der Waals surface area contributed by atoms with Crippen LogP contribution in [0.5, 0.6) is 5.75 Å². The summed E-state index contributed by atoms with van der Waals surface area (Å²) in [5.41, 5.74) is 5.12. The lowest BCUT2D eigenvalue weighted by Crippen LogP contribution is -2.27. The Morgan fingerprint density at radius 3 is 2.62 bits per heavy atom. The summed E-state index contributed by atoms with van der Waals surface area (Å²) < 4.78 is 5.80. The van der Waals surface area contributed by atoms with Gasteiger partial charge in [0.15, 0.2) is 0 Å². The standard InChI is InChI=1S/C18H20ClNO/c1-12-9-16-17(7-8-21-18(16)10-13(12)2)20-11-14-3-5-15(19)6-4-14/h3-6,9-10,17,20H,7-8,11H2,1-2H3. The van der Waals surface area contributed by atoms with Gasteiger partial charge in [0, 0.05) is 29.6 Å². The molecule has 3 heteroatoms. The Hall–Kier alpha value is -1.51. The highest BCUT2D eigenvalue weighted by Crippen LogP contribution is 2.34. The maximum atomic E-state index is 5.92. The Morgan fingerprint density at radius 1 is 1.14 bits per heavy atom. The maximum absolute atomic E-state index is 5.92. The van der Waals surface area contributed by atoms with Crippen LogP contribution in [0.15, 0.2) is 36.4 Å². The third-order valence-electron chi connectivity index (χ3n) is 4.13. The van der Waals surface area contributed by atoms with Crippen molar-refractivity contribution in [3.8, 4) is 5.75 Å². The fraction of sp³-hybridized carbons (Fsp3) is 0.333. The zero-order valence-corrected chi connectivity index (χ0v) is 13.2. The molecule has 21 heavy (non-hydrogen) atoms. The van der Waals surface area contributed by atoms with Crippen LogP contribution < -0.4 is 10.1 Å². The van der Waals surface area contributed by atoms with Gasteiger partial charge in [-0.3, -0.25) is 0 Å². The van der Waals surface area contributed by atoms with Crippen molar-refractivity contribution in [3.63, 3.8) is 0 Å². The second-order valence-corrected chi connectivity index (χ2v) is 6.11. The SMILES string of the molecule is Cc1cc2c(cc1C)C(NCc1ccc(Cl)cc1)CCO2. The smallest absolute Gasteiger partial charge is 0.124 e. The summed E-state index contributed by atoms with van der Waals surface area (Å²) in [4.78, 5) is 0. The quantitative estimate of drug-likeness (QED) is 0.896. The van der Waals surface area contributed by atoms with Gasteiger partial charge < -0.3 is 10.1 Å². The van der Waals surface area contributed by atoms with Crippen LogP contribution in [-0.4, -0.2) is 6.61 Å². The molecule has 110 valence electrons. The number of hydrogen-bond donors (Lipinski definition) is 1. The van der Waals surface area contributed by atoms with Crippen LogP contribution >= 0.6 is 11.6 Å². The second-order valence-electron chi connectivity index (χ2n) is 5.67. The van der Waals surface area contributed by atoms with E-state index in [9.17, 15) is 0 Å². The molecule has 1 aliphatic rings. The zero-order valence-electron chi connectivity index (χ0n) is 12.4. The van der Waals surface area contributed by atoms with Crippen LogP contribution in [0.1, 0.15) is 34.7 Å². The fourth-order valence-corrected chi connectivity index (χ4v) is 2.83. The predicted molar refractivity (Wildman–Crippen MR) is 87.1 cm³/mol. The minimum absolute atomic E-state index is 0.351. The fourth-order valence-electron chi connectivity index (χ4n) is 2.71. The van der Waals surface area contributed by atoms with Crippen LogP contribution in [0.3, 0.4) is 0 Å². The summed E-state index contributed by atoms with van der Waals surface area (Å²) in [6.07, 6.45) is 1.00. The molecule has 0 radical (unpaired) electrons. The number of aryl methyl sites for hydroxylation is 2. The number of halogens is 1. The summed E-state index contributed by atoms with van der Waals surface area (Å²) in [5, 5.41) is 4.42. The molecule has 2 aromatic rings. The van der Waals surface area contributed by atoms with Crippen molar-refractivity contribution in [2.45, 2.75) is 32.9 Å². The summed E-state index contributed by atoms with van der Waals surface area (Å²) in [7, 11) is 0. The van der Waals surface area contributed by atoms with E-state index in [-0.39, 0.29) is 0 Å². The van der Waals surface area contributed by atoms with Crippen LogP contribution in [0, 0.1) is 13.8 Å². The number of hydrogen-bond acceptors (Lipinski definition) is 2. The molecule has 1 N–H and O–H groups in total. The first-order valence-electron chi connectivity index (χ1n) is 7.35. The molecule has 1 heterocycles. The molecule has 0 bridgehead atoms. The van der Waals surface area contributed by atoms with E-state index in [1.54, 1.807) is 0 Å². The molecule has 2 aromatic carbocycles. The van der Waals surface area contributed by atoms with E-state index >= 15 is 0 Å². The number of benzene rings is 2. The average molecular weight is 302 g/mol. The largest absolute Gasteiger partial charge is 0.493 e. The van der Waals surface area contributed by atoms with Crippen molar-refractivity contribution >= 4 is 11.6 Å². The Bertz CT molecular complexity index is 636. The lowest BCUT2D eigenvalue weighted by Gasteiger charge is -2.28. The molecule has 3 rings (SSSR count). The third-order valence-corrected chi connectivity index (χ3v) is 4.38. The highest BCUT2D eigenvalue weighted by molar-refractivity contribution is 6.30. The van der Waals surface area contributed by atoms with Crippen molar-refractivity contribution in [2.24, 2.45) is 0 Å². The van der Waals surface area contributed by atoms with Gasteiger partial charge in [-0.05, 0) is 48.7 Å². The average Bonchev–Trinajstić information content (AvgIpc) is 2.48. The molecule has 0 fully saturated rings. The first kappa shape index (κ1) is 14.4. The monoisotopic (exact) mass is 301 g/mol. The van der Waals surface area contributed by atoms with Gasteiger partial charge in [0.1, 0.15) is 5.75 Å². The van der Waals surface area contributed by atoms with Gasteiger partial charge in [-0.25, -0.2) is 0 Å². The van der Waals surface area contributed by atoms with E-state index < -0.39 is 0 Å². The number of ether oxygens (including phenoxy) is 1. The van der Waals surface area contributed by atoms with Crippen molar-refractivity contribution in [1.29, 1.82) is 0 Å². The molecule has 1 aliphatic heterocycles. The van der Waals surface area contributed by atoms with Gasteiger partial charge in [0.05, 0.1) is 6.61 Å². The van der Waals surface area contributed by atoms with E-state index in [4.69, 9.17) is 16.3 Å². The third kappa shape index (κ3) is 3.22. The second kappa shape index (κ2) is 6.08. The Balaban J connectivity index is 1.76. The topological polar surface area (TPSA) is 21.3 Å². The highest BCUT2D eigenvalue weighted by Gasteiger charge is 2.21. The van der Waals surface area contributed by atoms with Gasteiger partial charge in [-0.1, -0.05) is 29.8 Å². The summed E-state index contributed by atoms with van der Waals surface area (Å²) in [5.74, 6) is 1.03. The van der Waals surface area contributed by atoms with Crippen molar-refractivity contribution in [1.82, 2.24) is 5.32 Å². The molecule has 2 nitrogen and oxygen atoms in total. The van der Waals surface area contributed by atoms with E-state index in [1.165, 1.54) is 22.3 Å². The van der Waals surface area contributed by atoms with Crippen molar-refractivity contribution in [2.75, 3.05) is 6.61 Å². The first-order chi connectivity index (χ1) is 10.1. The van der Waals surface area contributed by atoms with Gasteiger partial charge >= 0.3 is 0 Å². The Kier molecular flexibility index (Phi) is 4.18. The van der Waals surface area contributed by atoms with Crippen LogP contribution in [0.25, 0.3) is 0 Å². The van der Waals surface area contributed by atoms with E-state index in [0.29, 0.717) is 6.04 Å². The molecule has 0 saturated heterocycles. The maximum Gasteiger partial charge on any atom is 0.124 e. The Labute approximate surface area is 131 Å². The van der Waals surface area contributed by atoms with E-state index in [2.05, 4.69) is 43.4 Å². The summed E-state index contributed by atoms with van der Waals surface area (Å²) in [6, 6.07) is 12.8. The molecule has 0 aliphatic carbocycles. The molecule has 0 saturated carbocycles. The zero-order chi connectivity index (χ0) is 14.8. The number of rotatable bonds is 3. The molecule has 0 aromatic heterocycles. The van der Waals surface area contributed by atoms with E-state index in [0.717, 1.165) is 30.3 Å². The molecule has 0 spiro atoms. The molecular weight excluding hydrogens is 282 g/mol. The van der Waals surface area contributed by atoms with Crippen LogP contribution in [0.4, 0.5) is 0 Å². The first-order valence-corrected chi connectivity index (χ1v) is 7.73. The molecule has 1 unspecified atom stereocenters. The molecule has 0 amide bonds. The summed E-state index contributed by atoms with van der Waals surface area (Å²) in [6.45, 7) is 5.90. The predicted octanol–water partition coefficient (Wildman–Crippen LogP) is 4.57. The normalized spacial score (nSPS) is 17.2. The minimum Gasteiger partial charge on any atom is -0.493 e. The lowest BCUT2D eigenvalue weighted by atomic mass is 9.96. The van der Waals surface area contributed by atoms with E-state index in [1.807, 2.05) is 12.1 Å². The van der Waals surface area contributed by atoms with Gasteiger partial charge in [-0.15, -0.1) is 0 Å². The molecule has 1 atom stereocenters. The molecular formula is C18H20ClNO. The van der Waals surface area contributed by atoms with Gasteiger partial charge in [0.25, 0.3) is 0 Å². The number of nitrogens with one attached hydrogen (secondary N) is 1. The Morgan fingerprint density at radius 2 is 1.86 bits per heavy atom. The van der Waals surface area contributed by atoms with Gasteiger partial charge in [0.2, 0.25) is 0 Å². The highest BCUT2D eigenvalue weighted by atomic mass is 35.5. The lowest BCUT2D eigenvalue weighted by molar-refractivity contribution is 0.252. The van der Waals surface area contributed by atoms with Crippen molar-refractivity contribution in [3.05, 3.63) is 63.7 Å². The van der Waals surface area contributed by atoms with Crippen LogP contribution in [0.2, 0.25) is 5.02 Å². The van der Waals surface area contributed by atoms with Crippen molar-refractivity contribution < 1.29 is 4.74 Å². The minimum atomic E-state index is 0.351.